The zero-order chi connectivity index (χ0) is 21.9. The molecule has 1 aromatic carbocycles. The molecular formula is C26H34N4O2. The van der Waals surface area contributed by atoms with Gasteiger partial charge in [-0.25, -0.2) is 0 Å². The maximum atomic E-state index is 13.0. The van der Waals surface area contributed by atoms with Crippen LogP contribution in [0.5, 0.6) is 5.75 Å². The van der Waals surface area contributed by atoms with Gasteiger partial charge in [-0.05, 0) is 88.0 Å². The topological polar surface area (TPSA) is 57.7 Å². The minimum Gasteiger partial charge on any atom is -0.491 e. The Balaban J connectivity index is 1.29. The molecule has 4 heterocycles. The molecule has 0 aliphatic carbocycles. The van der Waals surface area contributed by atoms with Crippen molar-refractivity contribution in [1.29, 1.82) is 0 Å². The van der Waals surface area contributed by atoms with Crippen molar-refractivity contribution in [1.82, 2.24) is 14.8 Å². The van der Waals surface area contributed by atoms with Crippen LogP contribution < -0.4 is 10.1 Å². The minimum absolute atomic E-state index is 0.0998. The summed E-state index contributed by atoms with van der Waals surface area (Å²) in [4.78, 5) is 22.3. The van der Waals surface area contributed by atoms with Crippen LogP contribution in [0.15, 0.2) is 42.7 Å². The van der Waals surface area contributed by atoms with Gasteiger partial charge in [0.15, 0.2) is 0 Å². The Kier molecular flexibility index (Phi) is 6.42. The van der Waals surface area contributed by atoms with Gasteiger partial charge in [0, 0.05) is 37.0 Å². The summed E-state index contributed by atoms with van der Waals surface area (Å²) >= 11 is 0. The van der Waals surface area contributed by atoms with E-state index in [1.807, 2.05) is 36.5 Å². The van der Waals surface area contributed by atoms with Crippen molar-refractivity contribution in [2.45, 2.75) is 38.1 Å². The summed E-state index contributed by atoms with van der Waals surface area (Å²) in [5.74, 6) is 1.81. The Morgan fingerprint density at radius 1 is 1.03 bits per heavy atom. The van der Waals surface area contributed by atoms with Crippen LogP contribution in [0.2, 0.25) is 0 Å². The highest BCUT2D eigenvalue weighted by atomic mass is 16.5. The standard InChI is InChI=1S/C26H34N4O2/c1-29-11-7-23(8-12-29)30-13-6-20-16-26(31)28-24-15-19(21-3-2-10-27-17-21)4-5-25(24)32-14-9-22(20)18-30/h2-5,10,15,17,20,22-23H,6-9,11-14,16,18H2,1H3,(H,28,31)/t20-,22-/m0/s1. The van der Waals surface area contributed by atoms with E-state index in [1.54, 1.807) is 6.20 Å². The number of pyridine rings is 1. The van der Waals surface area contributed by atoms with Gasteiger partial charge in [-0.3, -0.25) is 14.7 Å². The summed E-state index contributed by atoms with van der Waals surface area (Å²) in [6.45, 7) is 5.29. The number of rotatable bonds is 2. The minimum atomic E-state index is 0.0998. The van der Waals surface area contributed by atoms with Gasteiger partial charge in [-0.2, -0.15) is 0 Å². The molecule has 3 aliphatic heterocycles. The van der Waals surface area contributed by atoms with Crippen molar-refractivity contribution in [3.63, 3.8) is 0 Å². The molecule has 5 rings (SSSR count). The van der Waals surface area contributed by atoms with Crippen molar-refractivity contribution < 1.29 is 9.53 Å². The number of carbonyl (C=O) groups is 1. The molecule has 0 spiro atoms. The normalized spacial score (nSPS) is 25.8. The van der Waals surface area contributed by atoms with Crippen molar-refractivity contribution in [2.75, 3.05) is 45.2 Å². The molecule has 0 unspecified atom stereocenters. The lowest BCUT2D eigenvalue weighted by molar-refractivity contribution is -0.118. The summed E-state index contributed by atoms with van der Waals surface area (Å²) in [5, 5.41) is 3.15. The summed E-state index contributed by atoms with van der Waals surface area (Å²) in [6, 6.07) is 10.7. The number of piperidine rings is 2. The first kappa shape index (κ1) is 21.4. The largest absolute Gasteiger partial charge is 0.491 e. The van der Waals surface area contributed by atoms with Gasteiger partial charge in [0.1, 0.15) is 5.75 Å². The number of benzene rings is 1. The Morgan fingerprint density at radius 3 is 2.72 bits per heavy atom. The number of ether oxygens (including phenoxy) is 1. The van der Waals surface area contributed by atoms with Gasteiger partial charge in [0.2, 0.25) is 5.91 Å². The number of amides is 1. The molecule has 1 aromatic heterocycles. The highest BCUT2D eigenvalue weighted by molar-refractivity contribution is 5.93. The molecule has 2 aromatic rings. The molecular weight excluding hydrogens is 400 g/mol. The molecule has 2 saturated heterocycles. The number of hydrogen-bond donors (Lipinski definition) is 1. The molecule has 0 saturated carbocycles. The summed E-state index contributed by atoms with van der Waals surface area (Å²) < 4.78 is 6.19. The number of hydrogen-bond acceptors (Lipinski definition) is 5. The Morgan fingerprint density at radius 2 is 1.91 bits per heavy atom. The van der Waals surface area contributed by atoms with Crippen molar-refractivity contribution in [2.24, 2.45) is 11.8 Å². The second kappa shape index (κ2) is 9.59. The van der Waals surface area contributed by atoms with Crippen LogP contribution in [0, 0.1) is 11.8 Å². The number of likely N-dealkylation sites (tertiary alicyclic amines) is 2. The fraction of sp³-hybridized carbons (Fsp3) is 0.538. The molecule has 170 valence electrons. The first-order valence-electron chi connectivity index (χ1n) is 12.1. The Hall–Kier alpha value is -2.44. The molecule has 6 nitrogen and oxygen atoms in total. The number of fused-ring (bicyclic) bond motifs is 2. The van der Waals surface area contributed by atoms with E-state index in [0.717, 1.165) is 48.5 Å². The van der Waals surface area contributed by atoms with Crippen LogP contribution in [0.4, 0.5) is 5.69 Å². The van der Waals surface area contributed by atoms with Gasteiger partial charge in [-0.1, -0.05) is 12.1 Å². The van der Waals surface area contributed by atoms with Gasteiger partial charge in [0.05, 0.1) is 12.3 Å². The molecule has 1 amide bonds. The molecule has 6 heteroatoms. The smallest absolute Gasteiger partial charge is 0.224 e. The zero-order valence-corrected chi connectivity index (χ0v) is 19.0. The zero-order valence-electron chi connectivity index (χ0n) is 19.0. The van der Waals surface area contributed by atoms with Crippen LogP contribution in [0.25, 0.3) is 11.1 Å². The first-order chi connectivity index (χ1) is 15.7. The van der Waals surface area contributed by atoms with E-state index in [9.17, 15) is 4.79 Å². The van der Waals surface area contributed by atoms with Gasteiger partial charge < -0.3 is 15.0 Å². The molecule has 2 fully saturated rings. The Bertz CT molecular complexity index is 927. The summed E-state index contributed by atoms with van der Waals surface area (Å²) in [6.07, 6.45) is 8.84. The van der Waals surface area contributed by atoms with Crippen molar-refractivity contribution >= 4 is 11.6 Å². The first-order valence-corrected chi connectivity index (χ1v) is 12.1. The molecule has 3 aliphatic rings. The summed E-state index contributed by atoms with van der Waals surface area (Å²) in [7, 11) is 2.22. The lowest BCUT2D eigenvalue weighted by Crippen LogP contribution is -2.50. The van der Waals surface area contributed by atoms with Gasteiger partial charge >= 0.3 is 0 Å². The van der Waals surface area contributed by atoms with E-state index in [1.165, 1.54) is 25.9 Å². The number of nitrogens with zero attached hydrogens (tertiary/aromatic N) is 3. The van der Waals surface area contributed by atoms with E-state index in [2.05, 4.69) is 27.1 Å². The number of aromatic nitrogens is 1. The molecule has 32 heavy (non-hydrogen) atoms. The van der Waals surface area contributed by atoms with E-state index < -0.39 is 0 Å². The molecule has 1 N–H and O–H groups in total. The monoisotopic (exact) mass is 434 g/mol. The second-order valence-corrected chi connectivity index (χ2v) is 9.68. The van der Waals surface area contributed by atoms with Crippen LogP contribution in [0.3, 0.4) is 0 Å². The van der Waals surface area contributed by atoms with Gasteiger partial charge in [0.25, 0.3) is 0 Å². The quantitative estimate of drug-likeness (QED) is 0.777. The van der Waals surface area contributed by atoms with Crippen LogP contribution in [-0.2, 0) is 4.79 Å². The number of anilines is 1. The number of nitrogens with one attached hydrogen (secondary N) is 1. The van der Waals surface area contributed by atoms with Crippen molar-refractivity contribution in [3.8, 4) is 16.9 Å². The maximum absolute atomic E-state index is 13.0. The third-order valence-corrected chi connectivity index (χ3v) is 7.57. The van der Waals surface area contributed by atoms with E-state index in [-0.39, 0.29) is 5.91 Å². The molecule has 0 bridgehead atoms. The highest BCUT2D eigenvalue weighted by Gasteiger charge is 2.35. The molecule has 0 radical (unpaired) electrons. The van der Waals surface area contributed by atoms with Crippen molar-refractivity contribution in [3.05, 3.63) is 42.7 Å². The predicted octanol–water partition coefficient (Wildman–Crippen LogP) is 3.89. The van der Waals surface area contributed by atoms with Gasteiger partial charge in [-0.15, -0.1) is 0 Å². The van der Waals surface area contributed by atoms with E-state index in [0.29, 0.717) is 30.9 Å². The van der Waals surface area contributed by atoms with Crippen LogP contribution >= 0.6 is 0 Å². The van der Waals surface area contributed by atoms with Crippen LogP contribution in [-0.4, -0.2) is 66.6 Å². The second-order valence-electron chi connectivity index (χ2n) is 9.68. The molecule has 2 atom stereocenters. The third-order valence-electron chi connectivity index (χ3n) is 7.57. The average Bonchev–Trinajstić information content (AvgIpc) is 2.82. The fourth-order valence-corrected chi connectivity index (χ4v) is 5.62. The Labute approximate surface area is 191 Å². The summed E-state index contributed by atoms with van der Waals surface area (Å²) in [5.41, 5.74) is 2.82. The predicted molar refractivity (Wildman–Crippen MR) is 127 cm³/mol. The van der Waals surface area contributed by atoms with E-state index >= 15 is 0 Å². The maximum Gasteiger partial charge on any atom is 0.224 e. The lowest BCUT2D eigenvalue weighted by Gasteiger charge is -2.44. The van der Waals surface area contributed by atoms with E-state index in [4.69, 9.17) is 4.74 Å². The fourth-order valence-electron chi connectivity index (χ4n) is 5.62. The highest BCUT2D eigenvalue weighted by Crippen LogP contribution is 2.36. The lowest BCUT2D eigenvalue weighted by atomic mass is 9.80. The third kappa shape index (κ3) is 4.81. The number of carbonyl (C=O) groups excluding carboxylic acids is 1. The average molecular weight is 435 g/mol. The van der Waals surface area contributed by atoms with Crippen LogP contribution in [0.1, 0.15) is 32.1 Å². The SMILES string of the molecule is CN1CCC(N2CC[C@H]3CC(=O)Nc4cc(-c5cccnc5)ccc4OCC[C@H]3C2)CC1.